The van der Waals surface area contributed by atoms with E-state index in [-0.39, 0.29) is 5.41 Å². The molecule has 0 aliphatic rings. The lowest BCUT2D eigenvalue weighted by atomic mass is 9.85. The van der Waals surface area contributed by atoms with Crippen molar-refractivity contribution in [2.24, 2.45) is 5.73 Å². The number of rotatable bonds is 4. The van der Waals surface area contributed by atoms with Gasteiger partial charge < -0.3 is 5.73 Å². The van der Waals surface area contributed by atoms with E-state index in [1.54, 1.807) is 0 Å². The van der Waals surface area contributed by atoms with Crippen LogP contribution in [-0.2, 0) is 5.41 Å². The Balaban J connectivity index is 2.82. The molecule has 2 heteroatoms. The highest BCUT2D eigenvalue weighted by atomic mass is 32.2. The number of thioether (sulfide) groups is 1. The number of hydrogen-bond donors (Lipinski definition) is 1. The van der Waals surface area contributed by atoms with E-state index in [2.05, 4.69) is 45.0 Å². The Bertz CT molecular complexity index is 277. The fourth-order valence-corrected chi connectivity index (χ4v) is 1.95. The average molecular weight is 209 g/mol. The van der Waals surface area contributed by atoms with E-state index in [0.717, 1.165) is 5.75 Å². The SMILES string of the molecule is CCSc1ccc(C(C)(C)CN)cc1. The number of hydrogen-bond acceptors (Lipinski definition) is 2. The fourth-order valence-electron chi connectivity index (χ4n) is 1.29. The van der Waals surface area contributed by atoms with Crippen LogP contribution in [0.1, 0.15) is 26.3 Å². The summed E-state index contributed by atoms with van der Waals surface area (Å²) in [6.07, 6.45) is 0. The highest BCUT2D eigenvalue weighted by molar-refractivity contribution is 7.99. The molecular weight excluding hydrogens is 190 g/mol. The van der Waals surface area contributed by atoms with Crippen molar-refractivity contribution in [3.05, 3.63) is 29.8 Å². The molecule has 1 rings (SSSR count). The minimum Gasteiger partial charge on any atom is -0.330 e. The van der Waals surface area contributed by atoms with E-state index in [1.807, 2.05) is 11.8 Å². The Morgan fingerprint density at radius 1 is 1.21 bits per heavy atom. The lowest BCUT2D eigenvalue weighted by Crippen LogP contribution is -2.27. The molecule has 0 bridgehead atoms. The van der Waals surface area contributed by atoms with Gasteiger partial charge in [0, 0.05) is 16.9 Å². The molecule has 78 valence electrons. The molecule has 0 amide bonds. The minimum absolute atomic E-state index is 0.0927. The zero-order valence-corrected chi connectivity index (χ0v) is 10.0. The summed E-state index contributed by atoms with van der Waals surface area (Å²) in [5.41, 5.74) is 7.14. The van der Waals surface area contributed by atoms with Crippen LogP contribution >= 0.6 is 11.8 Å². The maximum atomic E-state index is 5.73. The highest BCUT2D eigenvalue weighted by Gasteiger charge is 2.17. The standard InChI is InChI=1S/C12H19NS/c1-4-14-11-7-5-10(6-8-11)12(2,3)9-13/h5-8H,4,9,13H2,1-3H3. The first-order chi connectivity index (χ1) is 6.60. The zero-order chi connectivity index (χ0) is 10.6. The Labute approximate surface area is 91.1 Å². The van der Waals surface area contributed by atoms with Crippen molar-refractivity contribution in [2.75, 3.05) is 12.3 Å². The third-order valence-electron chi connectivity index (χ3n) is 2.46. The Kier molecular flexibility index (Phi) is 4.02. The summed E-state index contributed by atoms with van der Waals surface area (Å²) in [5.74, 6) is 1.12. The molecule has 0 unspecified atom stereocenters. The molecule has 0 aliphatic carbocycles. The Morgan fingerprint density at radius 2 is 1.79 bits per heavy atom. The van der Waals surface area contributed by atoms with Gasteiger partial charge >= 0.3 is 0 Å². The Hall–Kier alpha value is -0.470. The van der Waals surface area contributed by atoms with Crippen LogP contribution in [0.25, 0.3) is 0 Å². The van der Waals surface area contributed by atoms with Gasteiger partial charge in [0.05, 0.1) is 0 Å². The second-order valence-electron chi connectivity index (χ2n) is 4.05. The molecular formula is C12H19NS. The summed E-state index contributed by atoms with van der Waals surface area (Å²) < 4.78 is 0. The van der Waals surface area contributed by atoms with Gasteiger partial charge in [0.1, 0.15) is 0 Å². The summed E-state index contributed by atoms with van der Waals surface area (Å²) in [6, 6.07) is 8.73. The van der Waals surface area contributed by atoms with Gasteiger partial charge in [-0.1, -0.05) is 32.9 Å². The van der Waals surface area contributed by atoms with Gasteiger partial charge in [0.2, 0.25) is 0 Å². The summed E-state index contributed by atoms with van der Waals surface area (Å²) >= 11 is 1.87. The lowest BCUT2D eigenvalue weighted by Gasteiger charge is -2.23. The molecule has 2 N–H and O–H groups in total. The van der Waals surface area contributed by atoms with E-state index < -0.39 is 0 Å². The molecule has 0 aliphatic heterocycles. The molecule has 1 aromatic carbocycles. The smallest absolute Gasteiger partial charge is 0.00720 e. The van der Waals surface area contributed by atoms with Crippen LogP contribution in [0.2, 0.25) is 0 Å². The van der Waals surface area contributed by atoms with Crippen LogP contribution in [0.3, 0.4) is 0 Å². The second kappa shape index (κ2) is 4.85. The summed E-state index contributed by atoms with van der Waals surface area (Å²) in [7, 11) is 0. The van der Waals surface area contributed by atoms with E-state index in [1.165, 1.54) is 10.5 Å². The molecule has 1 nitrogen and oxygen atoms in total. The number of benzene rings is 1. The Morgan fingerprint density at radius 3 is 2.21 bits per heavy atom. The zero-order valence-electron chi connectivity index (χ0n) is 9.21. The third-order valence-corrected chi connectivity index (χ3v) is 3.35. The molecule has 0 atom stereocenters. The monoisotopic (exact) mass is 209 g/mol. The third kappa shape index (κ3) is 2.76. The van der Waals surface area contributed by atoms with E-state index >= 15 is 0 Å². The molecule has 0 radical (unpaired) electrons. The average Bonchev–Trinajstić information content (AvgIpc) is 2.19. The molecule has 0 aromatic heterocycles. The van der Waals surface area contributed by atoms with Crippen molar-refractivity contribution >= 4 is 11.8 Å². The molecule has 14 heavy (non-hydrogen) atoms. The van der Waals surface area contributed by atoms with Crippen LogP contribution in [0.15, 0.2) is 29.2 Å². The van der Waals surface area contributed by atoms with Gasteiger partial charge in [-0.15, -0.1) is 11.8 Å². The fraction of sp³-hybridized carbons (Fsp3) is 0.500. The van der Waals surface area contributed by atoms with Crippen molar-refractivity contribution in [2.45, 2.75) is 31.1 Å². The quantitative estimate of drug-likeness (QED) is 0.771. The van der Waals surface area contributed by atoms with Gasteiger partial charge in [0.25, 0.3) is 0 Å². The van der Waals surface area contributed by atoms with Crippen molar-refractivity contribution in [3.63, 3.8) is 0 Å². The maximum absolute atomic E-state index is 5.73. The van der Waals surface area contributed by atoms with Crippen molar-refractivity contribution < 1.29 is 0 Å². The van der Waals surface area contributed by atoms with Gasteiger partial charge in [-0.05, 0) is 23.4 Å². The molecule has 0 fully saturated rings. The van der Waals surface area contributed by atoms with Crippen LogP contribution in [0, 0.1) is 0 Å². The normalized spacial score (nSPS) is 11.7. The van der Waals surface area contributed by atoms with Gasteiger partial charge in [0.15, 0.2) is 0 Å². The summed E-state index contributed by atoms with van der Waals surface area (Å²) in [4.78, 5) is 1.34. The number of nitrogens with two attached hydrogens (primary N) is 1. The molecule has 0 saturated carbocycles. The summed E-state index contributed by atoms with van der Waals surface area (Å²) in [5, 5.41) is 0. The van der Waals surface area contributed by atoms with E-state index in [0.29, 0.717) is 6.54 Å². The second-order valence-corrected chi connectivity index (χ2v) is 5.38. The van der Waals surface area contributed by atoms with Crippen molar-refractivity contribution in [1.29, 1.82) is 0 Å². The topological polar surface area (TPSA) is 26.0 Å². The molecule has 1 aromatic rings. The first-order valence-corrected chi connectivity index (χ1v) is 6.02. The van der Waals surface area contributed by atoms with E-state index in [9.17, 15) is 0 Å². The minimum atomic E-state index is 0.0927. The van der Waals surface area contributed by atoms with Gasteiger partial charge in [-0.25, -0.2) is 0 Å². The van der Waals surface area contributed by atoms with Crippen LogP contribution in [0.4, 0.5) is 0 Å². The van der Waals surface area contributed by atoms with Gasteiger partial charge in [-0.3, -0.25) is 0 Å². The first-order valence-electron chi connectivity index (χ1n) is 5.03. The highest BCUT2D eigenvalue weighted by Crippen LogP contribution is 2.25. The predicted octanol–water partition coefficient (Wildman–Crippen LogP) is 3.03. The van der Waals surface area contributed by atoms with Crippen molar-refractivity contribution in [3.8, 4) is 0 Å². The van der Waals surface area contributed by atoms with Crippen LogP contribution in [-0.4, -0.2) is 12.3 Å². The summed E-state index contributed by atoms with van der Waals surface area (Å²) in [6.45, 7) is 7.21. The van der Waals surface area contributed by atoms with Gasteiger partial charge in [-0.2, -0.15) is 0 Å². The maximum Gasteiger partial charge on any atom is 0.00720 e. The van der Waals surface area contributed by atoms with Crippen molar-refractivity contribution in [1.82, 2.24) is 0 Å². The van der Waals surface area contributed by atoms with E-state index in [4.69, 9.17) is 5.73 Å². The molecule has 0 heterocycles. The first kappa shape index (κ1) is 11.6. The predicted molar refractivity (Wildman–Crippen MR) is 64.9 cm³/mol. The molecule has 0 saturated heterocycles. The largest absolute Gasteiger partial charge is 0.330 e. The van der Waals surface area contributed by atoms with Crippen LogP contribution < -0.4 is 5.73 Å². The lowest BCUT2D eigenvalue weighted by molar-refractivity contribution is 0.538. The molecule has 0 spiro atoms. The van der Waals surface area contributed by atoms with Crippen LogP contribution in [0.5, 0.6) is 0 Å².